The van der Waals surface area contributed by atoms with Crippen molar-refractivity contribution in [2.24, 2.45) is 11.8 Å². The lowest BCUT2D eigenvalue weighted by Gasteiger charge is -2.29. The van der Waals surface area contributed by atoms with Crippen molar-refractivity contribution in [1.82, 2.24) is 0 Å². The molecule has 0 N–H and O–H groups in total. The van der Waals surface area contributed by atoms with Gasteiger partial charge in [-0.05, 0) is 42.4 Å². The summed E-state index contributed by atoms with van der Waals surface area (Å²) in [6, 6.07) is 12.0. The molecule has 0 heterocycles. The van der Waals surface area contributed by atoms with Gasteiger partial charge in [0.05, 0.1) is 6.61 Å². The van der Waals surface area contributed by atoms with Crippen LogP contribution in [0.4, 0.5) is 8.78 Å². The molecule has 158 valence electrons. The summed E-state index contributed by atoms with van der Waals surface area (Å²) in [5.74, 6) is -0.565. The van der Waals surface area contributed by atoms with Crippen molar-refractivity contribution < 1.29 is 18.3 Å². The molecule has 2 aromatic rings. The second-order valence-electron chi connectivity index (χ2n) is 8.07. The van der Waals surface area contributed by atoms with E-state index in [-0.39, 0.29) is 11.3 Å². The average molecular weight is 403 g/mol. The van der Waals surface area contributed by atoms with E-state index in [4.69, 9.17) is 9.47 Å². The smallest absolute Gasteiger partial charge is 0.201 e. The molecule has 29 heavy (non-hydrogen) atoms. The fourth-order valence-electron chi connectivity index (χ4n) is 4.18. The maximum Gasteiger partial charge on any atom is 0.201 e. The highest BCUT2D eigenvalue weighted by atomic mass is 19.2. The maximum atomic E-state index is 14.6. The molecule has 1 atom stereocenters. The molecule has 1 saturated carbocycles. The molecule has 2 nitrogen and oxygen atoms in total. The van der Waals surface area contributed by atoms with Crippen LogP contribution in [0.2, 0.25) is 0 Å². The monoisotopic (exact) mass is 402 g/mol. The highest BCUT2D eigenvalue weighted by Crippen LogP contribution is 2.33. The summed E-state index contributed by atoms with van der Waals surface area (Å²) in [6.07, 6.45) is 7.46. The zero-order valence-corrected chi connectivity index (χ0v) is 17.5. The van der Waals surface area contributed by atoms with Gasteiger partial charge in [0.1, 0.15) is 0 Å². The van der Waals surface area contributed by atoms with Gasteiger partial charge in [-0.15, -0.1) is 0 Å². The molecule has 3 rings (SSSR count). The third-order valence-corrected chi connectivity index (χ3v) is 5.90. The van der Waals surface area contributed by atoms with Crippen molar-refractivity contribution in [3.05, 3.63) is 54.1 Å². The van der Waals surface area contributed by atoms with Crippen LogP contribution in [0.15, 0.2) is 42.5 Å². The Balaban J connectivity index is 1.57. The van der Waals surface area contributed by atoms with E-state index >= 15 is 0 Å². The molecular weight excluding hydrogens is 370 g/mol. The summed E-state index contributed by atoms with van der Waals surface area (Å²) < 4.78 is 40.8. The normalized spacial score (nSPS) is 20.4. The molecule has 0 amide bonds. The van der Waals surface area contributed by atoms with E-state index in [2.05, 4.69) is 6.92 Å². The van der Waals surface area contributed by atoms with Crippen LogP contribution in [-0.2, 0) is 4.74 Å². The number of benzene rings is 2. The Labute approximate surface area is 173 Å². The Morgan fingerprint density at radius 2 is 1.59 bits per heavy atom. The first kappa shape index (κ1) is 21.8. The van der Waals surface area contributed by atoms with Crippen LogP contribution in [0.1, 0.15) is 58.8 Å². The van der Waals surface area contributed by atoms with Crippen LogP contribution in [0.25, 0.3) is 11.1 Å². The fourth-order valence-corrected chi connectivity index (χ4v) is 4.18. The number of hydrogen-bond donors (Lipinski definition) is 0. The Morgan fingerprint density at radius 3 is 2.24 bits per heavy atom. The highest BCUT2D eigenvalue weighted by molar-refractivity contribution is 5.65. The second-order valence-corrected chi connectivity index (χ2v) is 8.07. The minimum atomic E-state index is -0.964. The summed E-state index contributed by atoms with van der Waals surface area (Å²) >= 11 is 0. The predicted octanol–water partition coefficient (Wildman–Crippen LogP) is 7.37. The van der Waals surface area contributed by atoms with E-state index in [0.29, 0.717) is 24.5 Å². The van der Waals surface area contributed by atoms with Crippen LogP contribution in [0.5, 0.6) is 5.75 Å². The van der Waals surface area contributed by atoms with Crippen LogP contribution < -0.4 is 4.74 Å². The van der Waals surface area contributed by atoms with E-state index in [0.717, 1.165) is 5.92 Å². The number of halogens is 2. The fraction of sp³-hybridized carbons (Fsp3) is 0.520. The second kappa shape index (κ2) is 10.7. The van der Waals surface area contributed by atoms with Gasteiger partial charge < -0.3 is 9.47 Å². The standard InChI is InChI=1S/C25H32F2O2/c1-3-8-18-11-13-19(14-12-18)17-28-23(4-2)29-22-16-15-21(24(26)25(22)27)20-9-6-5-7-10-20/h5-7,9-10,15-16,18-19,23H,3-4,8,11-14,17H2,1-2H3. The lowest BCUT2D eigenvalue weighted by atomic mass is 9.80. The summed E-state index contributed by atoms with van der Waals surface area (Å²) in [5.41, 5.74) is 0.866. The molecule has 0 radical (unpaired) electrons. The zero-order chi connectivity index (χ0) is 20.6. The first-order valence-electron chi connectivity index (χ1n) is 10.9. The Kier molecular flexibility index (Phi) is 8.05. The maximum absolute atomic E-state index is 14.6. The minimum absolute atomic E-state index is 0.0966. The molecule has 4 heteroatoms. The topological polar surface area (TPSA) is 18.5 Å². The molecular formula is C25H32F2O2. The lowest BCUT2D eigenvalue weighted by Crippen LogP contribution is -2.26. The first-order valence-corrected chi connectivity index (χ1v) is 10.9. The van der Waals surface area contributed by atoms with Gasteiger partial charge in [-0.1, -0.05) is 69.9 Å². The van der Waals surface area contributed by atoms with Crippen LogP contribution in [0.3, 0.4) is 0 Å². The molecule has 1 aliphatic rings. The SMILES string of the molecule is CCCC1CCC(COC(CC)Oc2ccc(-c3ccccc3)c(F)c2F)CC1. The van der Waals surface area contributed by atoms with Gasteiger partial charge in [-0.25, -0.2) is 4.39 Å². The van der Waals surface area contributed by atoms with Gasteiger partial charge in [-0.3, -0.25) is 0 Å². The minimum Gasteiger partial charge on any atom is -0.462 e. The molecule has 0 saturated heterocycles. The molecule has 0 aromatic heterocycles. The number of ether oxygens (including phenoxy) is 2. The number of rotatable bonds is 9. The van der Waals surface area contributed by atoms with Gasteiger partial charge in [0, 0.05) is 12.0 Å². The highest BCUT2D eigenvalue weighted by Gasteiger charge is 2.23. The van der Waals surface area contributed by atoms with Crippen LogP contribution in [0, 0.1) is 23.5 Å². The van der Waals surface area contributed by atoms with Gasteiger partial charge in [0.25, 0.3) is 0 Å². The Morgan fingerprint density at radius 1 is 0.897 bits per heavy atom. The summed E-state index contributed by atoms with van der Waals surface area (Å²) in [6.45, 7) is 4.78. The van der Waals surface area contributed by atoms with Crippen molar-refractivity contribution in [3.8, 4) is 16.9 Å². The van der Waals surface area contributed by atoms with Crippen molar-refractivity contribution in [3.63, 3.8) is 0 Å². The van der Waals surface area contributed by atoms with Gasteiger partial charge >= 0.3 is 0 Å². The number of hydrogen-bond acceptors (Lipinski definition) is 2. The van der Waals surface area contributed by atoms with Gasteiger partial charge in [0.15, 0.2) is 17.9 Å². The molecule has 0 aliphatic heterocycles. The third-order valence-electron chi connectivity index (χ3n) is 5.90. The molecule has 1 aliphatic carbocycles. The van der Waals surface area contributed by atoms with E-state index in [1.807, 2.05) is 13.0 Å². The van der Waals surface area contributed by atoms with Crippen molar-refractivity contribution >= 4 is 0 Å². The van der Waals surface area contributed by atoms with E-state index < -0.39 is 17.9 Å². The Hall–Kier alpha value is -1.94. The van der Waals surface area contributed by atoms with Crippen LogP contribution in [-0.4, -0.2) is 12.9 Å². The quantitative estimate of drug-likeness (QED) is 0.408. The largest absolute Gasteiger partial charge is 0.462 e. The lowest BCUT2D eigenvalue weighted by molar-refractivity contribution is -0.0984. The molecule has 0 spiro atoms. The van der Waals surface area contributed by atoms with Crippen molar-refractivity contribution in [1.29, 1.82) is 0 Å². The predicted molar refractivity (Wildman–Crippen MR) is 113 cm³/mol. The van der Waals surface area contributed by atoms with E-state index in [9.17, 15) is 8.78 Å². The molecule has 1 fully saturated rings. The van der Waals surface area contributed by atoms with Crippen molar-refractivity contribution in [2.45, 2.75) is 65.1 Å². The third kappa shape index (κ3) is 5.79. The molecule has 0 bridgehead atoms. The Bertz CT molecular complexity index is 755. The summed E-state index contributed by atoms with van der Waals surface area (Å²) in [5, 5.41) is 0. The summed E-state index contributed by atoms with van der Waals surface area (Å²) in [4.78, 5) is 0. The van der Waals surface area contributed by atoms with Crippen molar-refractivity contribution in [2.75, 3.05) is 6.61 Å². The van der Waals surface area contributed by atoms with E-state index in [1.165, 1.54) is 44.6 Å². The van der Waals surface area contributed by atoms with Gasteiger partial charge in [0.2, 0.25) is 5.82 Å². The molecule has 2 aromatic carbocycles. The average Bonchev–Trinajstić information content (AvgIpc) is 2.76. The first-order chi connectivity index (χ1) is 14.1. The van der Waals surface area contributed by atoms with E-state index in [1.54, 1.807) is 30.3 Å². The zero-order valence-electron chi connectivity index (χ0n) is 17.5. The molecule has 1 unspecified atom stereocenters. The van der Waals surface area contributed by atoms with Crippen LogP contribution >= 0.6 is 0 Å². The van der Waals surface area contributed by atoms with Gasteiger partial charge in [-0.2, -0.15) is 4.39 Å². The summed E-state index contributed by atoms with van der Waals surface area (Å²) in [7, 11) is 0.